The predicted octanol–water partition coefficient (Wildman–Crippen LogP) is 2.87. The minimum Gasteiger partial charge on any atom is -0.375 e. The molecule has 0 aliphatic rings. The number of nitrogens with one attached hydrogen (secondary N) is 1. The first-order valence-electron chi connectivity index (χ1n) is 5.69. The molecule has 1 unspecified atom stereocenters. The minimum absolute atomic E-state index is 0.0609. The van der Waals surface area contributed by atoms with Crippen LogP contribution in [-0.2, 0) is 4.74 Å². The summed E-state index contributed by atoms with van der Waals surface area (Å²) in [6.07, 6.45) is -0.117. The number of carbonyl (C=O) groups excluding carboxylic acids is 1. The van der Waals surface area contributed by atoms with Gasteiger partial charge < -0.3 is 10.1 Å². The molecular weight excluding hydrogens is 246 g/mol. The Labute approximate surface area is 110 Å². The van der Waals surface area contributed by atoms with Crippen LogP contribution in [0.3, 0.4) is 0 Å². The summed E-state index contributed by atoms with van der Waals surface area (Å²) in [5, 5.41) is 6.60. The van der Waals surface area contributed by atoms with Gasteiger partial charge in [-0.25, -0.2) is 0 Å². The highest BCUT2D eigenvalue weighted by atomic mass is 32.1. The number of hydrogen-bond acceptors (Lipinski definition) is 3. The predicted molar refractivity (Wildman–Crippen MR) is 72.8 cm³/mol. The Balaban J connectivity index is 1.94. The van der Waals surface area contributed by atoms with Crippen molar-refractivity contribution in [3.63, 3.8) is 0 Å². The van der Waals surface area contributed by atoms with Crippen molar-refractivity contribution in [2.75, 3.05) is 13.7 Å². The van der Waals surface area contributed by atoms with Crippen LogP contribution in [0.5, 0.6) is 0 Å². The van der Waals surface area contributed by atoms with Crippen molar-refractivity contribution in [2.45, 2.75) is 6.10 Å². The van der Waals surface area contributed by atoms with Crippen LogP contribution in [0, 0.1) is 0 Å². The van der Waals surface area contributed by atoms with E-state index in [1.807, 2.05) is 47.2 Å². The van der Waals surface area contributed by atoms with Crippen molar-refractivity contribution in [2.24, 2.45) is 0 Å². The fourth-order valence-electron chi connectivity index (χ4n) is 1.69. The van der Waals surface area contributed by atoms with Gasteiger partial charge in [-0.15, -0.1) is 0 Å². The standard InChI is InChI=1S/C14H15NO2S/c1-17-13(11-5-3-2-4-6-11)9-15-14(16)12-7-8-18-10-12/h2-8,10,13H,9H2,1H3,(H,15,16). The molecule has 3 nitrogen and oxygen atoms in total. The lowest BCUT2D eigenvalue weighted by Crippen LogP contribution is -2.28. The second-order valence-corrected chi connectivity index (χ2v) is 4.64. The van der Waals surface area contributed by atoms with E-state index in [2.05, 4.69) is 5.32 Å². The lowest BCUT2D eigenvalue weighted by Gasteiger charge is -2.16. The summed E-state index contributed by atoms with van der Waals surface area (Å²) in [5.41, 5.74) is 1.76. The number of thiophene rings is 1. The zero-order chi connectivity index (χ0) is 12.8. The molecule has 4 heteroatoms. The van der Waals surface area contributed by atoms with Gasteiger partial charge in [0.15, 0.2) is 0 Å². The van der Waals surface area contributed by atoms with Crippen molar-refractivity contribution in [1.82, 2.24) is 5.32 Å². The summed E-state index contributed by atoms with van der Waals surface area (Å²) in [5.74, 6) is -0.0609. The maximum atomic E-state index is 11.8. The van der Waals surface area contributed by atoms with Crippen molar-refractivity contribution in [3.8, 4) is 0 Å². The third-order valence-electron chi connectivity index (χ3n) is 2.69. The monoisotopic (exact) mass is 261 g/mol. The molecule has 1 aromatic carbocycles. The van der Waals surface area contributed by atoms with E-state index in [0.29, 0.717) is 12.1 Å². The molecule has 0 aliphatic heterocycles. The van der Waals surface area contributed by atoms with E-state index in [9.17, 15) is 4.79 Å². The van der Waals surface area contributed by atoms with Crippen molar-refractivity contribution in [3.05, 3.63) is 58.3 Å². The molecule has 0 fully saturated rings. The van der Waals surface area contributed by atoms with Crippen molar-refractivity contribution >= 4 is 17.2 Å². The molecule has 0 spiro atoms. The van der Waals surface area contributed by atoms with Gasteiger partial charge in [0.2, 0.25) is 0 Å². The van der Waals surface area contributed by atoms with E-state index < -0.39 is 0 Å². The highest BCUT2D eigenvalue weighted by molar-refractivity contribution is 7.08. The van der Waals surface area contributed by atoms with E-state index in [1.54, 1.807) is 7.11 Å². The average Bonchev–Trinajstić information content (AvgIpc) is 2.94. The summed E-state index contributed by atoms with van der Waals surface area (Å²) in [6.45, 7) is 0.467. The number of ether oxygens (including phenoxy) is 1. The summed E-state index contributed by atoms with van der Waals surface area (Å²) in [7, 11) is 1.65. The van der Waals surface area contributed by atoms with Gasteiger partial charge in [-0.3, -0.25) is 4.79 Å². The van der Waals surface area contributed by atoms with Crippen LogP contribution in [0.25, 0.3) is 0 Å². The third-order valence-corrected chi connectivity index (χ3v) is 3.37. The lowest BCUT2D eigenvalue weighted by molar-refractivity contribution is 0.0828. The molecule has 2 rings (SSSR count). The Hall–Kier alpha value is -1.65. The number of hydrogen-bond donors (Lipinski definition) is 1. The van der Waals surface area contributed by atoms with E-state index in [1.165, 1.54) is 11.3 Å². The number of carbonyl (C=O) groups is 1. The highest BCUT2D eigenvalue weighted by Gasteiger charge is 2.12. The molecule has 0 saturated carbocycles. The van der Waals surface area contributed by atoms with Gasteiger partial charge in [0, 0.05) is 24.6 Å². The van der Waals surface area contributed by atoms with Crippen LogP contribution in [0.15, 0.2) is 47.2 Å². The molecule has 1 heterocycles. The molecule has 0 aliphatic carbocycles. The molecular formula is C14H15NO2S. The molecule has 0 saturated heterocycles. The second kappa shape index (κ2) is 6.33. The Morgan fingerprint density at radius 1 is 1.33 bits per heavy atom. The number of methoxy groups -OCH3 is 1. The second-order valence-electron chi connectivity index (χ2n) is 3.86. The summed E-state index contributed by atoms with van der Waals surface area (Å²) in [6, 6.07) is 11.7. The van der Waals surface area contributed by atoms with Crippen LogP contribution in [0.4, 0.5) is 0 Å². The van der Waals surface area contributed by atoms with Crippen LogP contribution in [0.2, 0.25) is 0 Å². The largest absolute Gasteiger partial charge is 0.375 e. The van der Waals surface area contributed by atoms with Gasteiger partial charge in [0.1, 0.15) is 0 Å². The Morgan fingerprint density at radius 3 is 2.72 bits per heavy atom. The van der Waals surface area contributed by atoms with Gasteiger partial charge in [0.05, 0.1) is 6.10 Å². The van der Waals surface area contributed by atoms with Gasteiger partial charge in [-0.05, 0) is 17.0 Å². The van der Waals surface area contributed by atoms with Gasteiger partial charge in [-0.1, -0.05) is 30.3 Å². The molecule has 18 heavy (non-hydrogen) atoms. The smallest absolute Gasteiger partial charge is 0.252 e. The fourth-order valence-corrected chi connectivity index (χ4v) is 2.32. The quantitative estimate of drug-likeness (QED) is 0.898. The zero-order valence-corrected chi connectivity index (χ0v) is 10.9. The van der Waals surface area contributed by atoms with Crippen LogP contribution in [-0.4, -0.2) is 19.6 Å². The van der Waals surface area contributed by atoms with Crippen molar-refractivity contribution < 1.29 is 9.53 Å². The van der Waals surface area contributed by atoms with Gasteiger partial charge >= 0.3 is 0 Å². The molecule has 94 valence electrons. The van der Waals surface area contributed by atoms with Crippen molar-refractivity contribution in [1.29, 1.82) is 0 Å². The topological polar surface area (TPSA) is 38.3 Å². The molecule has 0 radical (unpaired) electrons. The minimum atomic E-state index is -0.117. The number of rotatable bonds is 5. The zero-order valence-electron chi connectivity index (χ0n) is 10.1. The molecule has 1 amide bonds. The Kier molecular flexibility index (Phi) is 4.50. The van der Waals surface area contributed by atoms with Crippen LogP contribution in [0.1, 0.15) is 22.0 Å². The van der Waals surface area contributed by atoms with E-state index >= 15 is 0 Å². The maximum Gasteiger partial charge on any atom is 0.252 e. The molecule has 1 atom stereocenters. The summed E-state index contributed by atoms with van der Waals surface area (Å²) in [4.78, 5) is 11.8. The first-order valence-corrected chi connectivity index (χ1v) is 6.63. The van der Waals surface area contributed by atoms with Gasteiger partial charge in [-0.2, -0.15) is 11.3 Å². The summed E-state index contributed by atoms with van der Waals surface area (Å²) < 4.78 is 5.39. The Morgan fingerprint density at radius 2 is 2.11 bits per heavy atom. The van der Waals surface area contributed by atoms with E-state index in [4.69, 9.17) is 4.74 Å². The number of amides is 1. The van der Waals surface area contributed by atoms with E-state index in [-0.39, 0.29) is 12.0 Å². The average molecular weight is 261 g/mol. The third kappa shape index (κ3) is 3.18. The Bertz CT molecular complexity index is 482. The first-order chi connectivity index (χ1) is 8.81. The SMILES string of the molecule is COC(CNC(=O)c1ccsc1)c1ccccc1. The lowest BCUT2D eigenvalue weighted by atomic mass is 10.1. The maximum absolute atomic E-state index is 11.8. The molecule has 1 N–H and O–H groups in total. The van der Waals surface area contributed by atoms with E-state index in [0.717, 1.165) is 5.56 Å². The highest BCUT2D eigenvalue weighted by Crippen LogP contribution is 2.15. The molecule has 0 bridgehead atoms. The van der Waals surface area contributed by atoms with Crippen LogP contribution < -0.4 is 5.32 Å². The van der Waals surface area contributed by atoms with Crippen LogP contribution >= 0.6 is 11.3 Å². The van der Waals surface area contributed by atoms with Gasteiger partial charge in [0.25, 0.3) is 5.91 Å². The number of benzene rings is 1. The normalized spacial score (nSPS) is 12.1. The fraction of sp³-hybridized carbons (Fsp3) is 0.214. The first kappa shape index (κ1) is 12.8. The molecule has 1 aromatic heterocycles. The molecule has 2 aromatic rings. The summed E-state index contributed by atoms with van der Waals surface area (Å²) >= 11 is 1.51.